The Balaban J connectivity index is 1.58. The van der Waals surface area contributed by atoms with Gasteiger partial charge in [-0.15, -0.1) is 0 Å². The lowest BCUT2D eigenvalue weighted by molar-refractivity contribution is 0.0931. The molecule has 0 aliphatic heterocycles. The highest BCUT2D eigenvalue weighted by Gasteiger charge is 2.20. The summed E-state index contributed by atoms with van der Waals surface area (Å²) in [6.45, 7) is 3.94. The summed E-state index contributed by atoms with van der Waals surface area (Å²) >= 11 is 0. The van der Waals surface area contributed by atoms with Crippen molar-refractivity contribution in [2.24, 2.45) is 7.05 Å². The molecule has 0 fully saturated rings. The van der Waals surface area contributed by atoms with E-state index in [1.165, 1.54) is 5.56 Å². The van der Waals surface area contributed by atoms with Crippen molar-refractivity contribution in [3.8, 4) is 11.3 Å². The largest absolute Gasteiger partial charge is 0.344 e. The molecule has 0 bridgehead atoms. The van der Waals surface area contributed by atoms with Crippen molar-refractivity contribution in [1.29, 1.82) is 0 Å². The number of carbonyl (C=O) groups excluding carboxylic acids is 1. The van der Waals surface area contributed by atoms with Gasteiger partial charge in [-0.05, 0) is 37.5 Å². The molecule has 1 amide bonds. The Kier molecular flexibility index (Phi) is 5.48. The van der Waals surface area contributed by atoms with E-state index in [1.54, 1.807) is 6.07 Å². The lowest BCUT2D eigenvalue weighted by Gasteiger charge is -2.19. The number of benzene rings is 2. The Bertz CT molecular complexity index is 1150. The summed E-state index contributed by atoms with van der Waals surface area (Å²) in [5, 5.41) is 14.9. The molecule has 2 aromatic carbocycles. The van der Waals surface area contributed by atoms with Gasteiger partial charge in [-0.3, -0.25) is 14.6 Å². The molecule has 6 heteroatoms. The molecule has 0 aliphatic rings. The lowest BCUT2D eigenvalue weighted by atomic mass is 9.98. The van der Waals surface area contributed by atoms with Crippen LogP contribution in [0.2, 0.25) is 0 Å². The maximum Gasteiger partial charge on any atom is 0.269 e. The number of aryl methyl sites for hydroxylation is 2. The van der Waals surface area contributed by atoms with Gasteiger partial charge in [-0.2, -0.15) is 10.2 Å². The zero-order valence-electron chi connectivity index (χ0n) is 17.4. The van der Waals surface area contributed by atoms with Crippen LogP contribution in [0.5, 0.6) is 0 Å². The molecule has 4 rings (SSSR count). The van der Waals surface area contributed by atoms with Crippen LogP contribution in [0.4, 0.5) is 0 Å². The number of hydrogen-bond donors (Lipinski definition) is 2. The number of amides is 1. The van der Waals surface area contributed by atoms with E-state index in [-0.39, 0.29) is 11.9 Å². The summed E-state index contributed by atoms with van der Waals surface area (Å²) in [6.07, 6.45) is 0.707. The van der Waals surface area contributed by atoms with Crippen molar-refractivity contribution in [2.75, 3.05) is 0 Å². The highest BCUT2D eigenvalue weighted by molar-refractivity contribution is 5.93. The van der Waals surface area contributed by atoms with E-state index >= 15 is 0 Å². The Morgan fingerprint density at radius 1 is 1.07 bits per heavy atom. The van der Waals surface area contributed by atoms with Crippen molar-refractivity contribution < 1.29 is 4.79 Å². The predicted octanol–water partition coefficient (Wildman–Crippen LogP) is 4.14. The first-order chi connectivity index (χ1) is 14.5. The fourth-order valence-corrected chi connectivity index (χ4v) is 3.73. The normalized spacial score (nSPS) is 12.0. The quantitative estimate of drug-likeness (QED) is 0.512. The average Bonchev–Trinajstić information content (AvgIpc) is 3.33. The maximum atomic E-state index is 13.0. The molecule has 1 atom stereocenters. The van der Waals surface area contributed by atoms with Gasteiger partial charge in [0.05, 0.1) is 17.4 Å². The second-order valence-corrected chi connectivity index (χ2v) is 7.46. The minimum absolute atomic E-state index is 0.144. The molecule has 0 saturated heterocycles. The number of carbonyl (C=O) groups is 1. The number of rotatable bonds is 6. The number of nitrogens with one attached hydrogen (secondary N) is 2. The summed E-state index contributed by atoms with van der Waals surface area (Å²) in [7, 11) is 1.90. The van der Waals surface area contributed by atoms with E-state index < -0.39 is 0 Å². The molecule has 6 nitrogen and oxygen atoms in total. The number of aromatic nitrogens is 4. The third kappa shape index (κ3) is 4.03. The van der Waals surface area contributed by atoms with Gasteiger partial charge >= 0.3 is 0 Å². The highest BCUT2D eigenvalue weighted by atomic mass is 16.2. The van der Waals surface area contributed by atoms with E-state index in [0.29, 0.717) is 12.1 Å². The minimum atomic E-state index is -0.183. The Labute approximate surface area is 176 Å². The van der Waals surface area contributed by atoms with Gasteiger partial charge in [0.25, 0.3) is 5.91 Å². The van der Waals surface area contributed by atoms with E-state index in [4.69, 9.17) is 0 Å². The van der Waals surface area contributed by atoms with Crippen molar-refractivity contribution in [3.63, 3.8) is 0 Å². The molecule has 0 spiro atoms. The molecule has 4 aromatic rings. The van der Waals surface area contributed by atoms with Crippen molar-refractivity contribution >= 4 is 5.91 Å². The topological polar surface area (TPSA) is 75.6 Å². The molecule has 0 aliphatic carbocycles. The van der Waals surface area contributed by atoms with Crippen LogP contribution in [0.3, 0.4) is 0 Å². The number of aromatic amines is 1. The van der Waals surface area contributed by atoms with Crippen LogP contribution in [0.1, 0.15) is 39.0 Å². The fraction of sp³-hybridized carbons (Fsp3) is 0.208. The Morgan fingerprint density at radius 3 is 2.37 bits per heavy atom. The van der Waals surface area contributed by atoms with Gasteiger partial charge in [0.2, 0.25) is 0 Å². The third-order valence-electron chi connectivity index (χ3n) is 5.38. The number of nitrogens with zero attached hydrogens (tertiary/aromatic N) is 3. The van der Waals surface area contributed by atoms with Gasteiger partial charge in [0.1, 0.15) is 5.69 Å². The second kappa shape index (κ2) is 8.37. The number of H-pyrrole nitrogens is 1. The van der Waals surface area contributed by atoms with Crippen LogP contribution in [0.25, 0.3) is 11.3 Å². The van der Waals surface area contributed by atoms with Crippen LogP contribution >= 0.6 is 0 Å². The van der Waals surface area contributed by atoms with Crippen molar-refractivity contribution in [1.82, 2.24) is 25.3 Å². The summed E-state index contributed by atoms with van der Waals surface area (Å²) in [4.78, 5) is 13.0. The summed E-state index contributed by atoms with van der Waals surface area (Å²) in [5.74, 6) is -0.183. The molecular formula is C24H25N5O. The van der Waals surface area contributed by atoms with E-state index in [9.17, 15) is 4.79 Å². The van der Waals surface area contributed by atoms with Crippen LogP contribution in [-0.4, -0.2) is 25.9 Å². The summed E-state index contributed by atoms with van der Waals surface area (Å²) in [5.41, 5.74) is 6.24. The zero-order valence-corrected chi connectivity index (χ0v) is 17.4. The number of hydrogen-bond acceptors (Lipinski definition) is 3. The monoisotopic (exact) mass is 399 g/mol. The molecule has 2 N–H and O–H groups in total. The minimum Gasteiger partial charge on any atom is -0.344 e. The molecule has 30 heavy (non-hydrogen) atoms. The average molecular weight is 399 g/mol. The first-order valence-electron chi connectivity index (χ1n) is 9.98. The van der Waals surface area contributed by atoms with Gasteiger partial charge in [0.15, 0.2) is 0 Å². The van der Waals surface area contributed by atoms with Gasteiger partial charge in [0, 0.05) is 18.3 Å². The molecule has 0 radical (unpaired) electrons. The molecule has 152 valence electrons. The van der Waals surface area contributed by atoms with Crippen LogP contribution in [0.15, 0.2) is 66.7 Å². The lowest BCUT2D eigenvalue weighted by Crippen LogP contribution is -2.30. The first kappa shape index (κ1) is 19.6. The van der Waals surface area contributed by atoms with E-state index in [2.05, 4.69) is 32.7 Å². The van der Waals surface area contributed by atoms with Crippen LogP contribution < -0.4 is 5.32 Å². The smallest absolute Gasteiger partial charge is 0.269 e. The zero-order chi connectivity index (χ0) is 21.1. The molecule has 2 heterocycles. The Morgan fingerprint density at radius 2 is 1.73 bits per heavy atom. The summed E-state index contributed by atoms with van der Waals surface area (Å²) in [6, 6.07) is 21.8. The summed E-state index contributed by atoms with van der Waals surface area (Å²) < 4.78 is 1.82. The first-order valence-corrected chi connectivity index (χ1v) is 9.98. The molecule has 0 saturated carbocycles. The van der Waals surface area contributed by atoms with Gasteiger partial charge in [-0.1, -0.05) is 60.7 Å². The third-order valence-corrected chi connectivity index (χ3v) is 5.38. The maximum absolute atomic E-state index is 13.0. The van der Waals surface area contributed by atoms with Crippen LogP contribution in [0, 0.1) is 13.8 Å². The van der Waals surface area contributed by atoms with Gasteiger partial charge in [-0.25, -0.2) is 0 Å². The van der Waals surface area contributed by atoms with Crippen molar-refractivity contribution in [3.05, 3.63) is 94.9 Å². The van der Waals surface area contributed by atoms with Crippen molar-refractivity contribution in [2.45, 2.75) is 26.3 Å². The van der Waals surface area contributed by atoms with Gasteiger partial charge < -0.3 is 5.32 Å². The highest BCUT2D eigenvalue weighted by Crippen LogP contribution is 2.25. The fourth-order valence-electron chi connectivity index (χ4n) is 3.73. The SMILES string of the molecule is Cc1nn(C)c(C)c1-c1cc(C(=O)NC(Cc2ccccc2)c2ccccc2)[nH]n1. The molecule has 1 unspecified atom stereocenters. The van der Waals surface area contributed by atoms with E-state index in [0.717, 1.165) is 28.2 Å². The van der Waals surface area contributed by atoms with E-state index in [1.807, 2.05) is 74.1 Å². The Hall–Kier alpha value is -3.67. The second-order valence-electron chi connectivity index (χ2n) is 7.46. The molecule has 2 aromatic heterocycles. The predicted molar refractivity (Wildman–Crippen MR) is 117 cm³/mol. The molecular weight excluding hydrogens is 374 g/mol. The van der Waals surface area contributed by atoms with Crippen LogP contribution in [-0.2, 0) is 13.5 Å². The standard InChI is InChI=1S/C24H25N5O/c1-16-23(17(2)29(3)28-16)21-15-22(27-26-21)24(30)25-20(19-12-8-5-9-13-19)14-18-10-6-4-7-11-18/h4-13,15,20H,14H2,1-3H3,(H,25,30)(H,26,27).